The molecule has 0 saturated heterocycles. The van der Waals surface area contributed by atoms with Crippen LogP contribution in [0.15, 0.2) is 48.6 Å². The second kappa shape index (κ2) is 8.74. The number of rotatable bonds is 6. The Bertz CT molecular complexity index is 1130. The fourth-order valence-electron chi connectivity index (χ4n) is 5.02. The van der Waals surface area contributed by atoms with Crippen molar-refractivity contribution >= 4 is 29.1 Å². The Morgan fingerprint density at radius 1 is 0.697 bits per heavy atom. The molecule has 2 amide bonds. The monoisotopic (exact) mass is 441 g/mol. The van der Waals surface area contributed by atoms with Crippen molar-refractivity contribution in [3.05, 3.63) is 87.5 Å². The molecule has 0 saturated carbocycles. The van der Waals surface area contributed by atoms with E-state index in [4.69, 9.17) is 0 Å². The van der Waals surface area contributed by atoms with E-state index < -0.39 is 5.92 Å². The number of nitrogens with zero attached hydrogens (tertiary/aromatic N) is 1. The summed E-state index contributed by atoms with van der Waals surface area (Å²) in [7, 11) is 0. The van der Waals surface area contributed by atoms with Crippen LogP contribution in [0, 0.1) is 13.8 Å². The Labute approximate surface area is 193 Å². The third-order valence-electron chi connectivity index (χ3n) is 6.44. The number of carbonyl (C=O) groups is 4. The highest BCUT2D eigenvalue weighted by molar-refractivity contribution is 6.28. The number of benzene rings is 2. The molecular weight excluding hydrogens is 414 g/mol. The topological polar surface area (TPSA) is 71.5 Å². The first kappa shape index (κ1) is 22.6. The fourth-order valence-corrected chi connectivity index (χ4v) is 5.02. The Morgan fingerprint density at radius 3 is 1.76 bits per heavy atom. The standard InChI is InChI=1S/C28H27NO4/c1-5-20-14-18(11-16(3)26(20)27-22(30)7-8-23(27)31)13-19-12-17(4)28(21(6-2)15-19)29-24(32)9-10-25(29)33/h7-12,14-15,27H,5-6,13H2,1-4H3. The molecule has 5 heteroatoms. The molecular formula is C28H27NO4. The minimum absolute atomic E-state index is 0.148. The molecule has 0 unspecified atom stereocenters. The van der Waals surface area contributed by atoms with Crippen molar-refractivity contribution < 1.29 is 19.2 Å². The van der Waals surface area contributed by atoms with Crippen molar-refractivity contribution in [1.29, 1.82) is 0 Å². The van der Waals surface area contributed by atoms with Crippen molar-refractivity contribution in [2.24, 2.45) is 0 Å². The smallest absolute Gasteiger partial charge is 0.258 e. The molecule has 1 aliphatic carbocycles. The first-order chi connectivity index (χ1) is 15.7. The van der Waals surface area contributed by atoms with Crippen molar-refractivity contribution in [2.75, 3.05) is 4.90 Å². The Balaban J connectivity index is 1.70. The molecule has 0 aromatic heterocycles. The third kappa shape index (κ3) is 3.99. The number of hydrogen-bond acceptors (Lipinski definition) is 4. The van der Waals surface area contributed by atoms with Gasteiger partial charge in [-0.2, -0.15) is 0 Å². The highest BCUT2D eigenvalue weighted by atomic mass is 16.2. The van der Waals surface area contributed by atoms with Crippen molar-refractivity contribution in [3.63, 3.8) is 0 Å². The van der Waals surface area contributed by atoms with Crippen LogP contribution in [0.4, 0.5) is 5.69 Å². The van der Waals surface area contributed by atoms with E-state index in [9.17, 15) is 19.2 Å². The summed E-state index contributed by atoms with van der Waals surface area (Å²) in [6, 6.07) is 8.23. The zero-order valence-corrected chi connectivity index (χ0v) is 19.4. The summed E-state index contributed by atoms with van der Waals surface area (Å²) in [5, 5.41) is 0. The van der Waals surface area contributed by atoms with Crippen molar-refractivity contribution in [1.82, 2.24) is 0 Å². The molecule has 0 radical (unpaired) electrons. The van der Waals surface area contributed by atoms with Crippen LogP contribution in [-0.2, 0) is 38.4 Å². The van der Waals surface area contributed by atoms with Gasteiger partial charge in [0.05, 0.1) is 5.69 Å². The van der Waals surface area contributed by atoms with E-state index in [0.29, 0.717) is 18.5 Å². The van der Waals surface area contributed by atoms with Gasteiger partial charge in [0.2, 0.25) is 0 Å². The molecule has 0 atom stereocenters. The molecule has 1 heterocycles. The minimum Gasteiger partial charge on any atom is -0.294 e. The van der Waals surface area contributed by atoms with Crippen LogP contribution in [0.25, 0.3) is 0 Å². The number of carbonyl (C=O) groups excluding carboxylic acids is 4. The number of hydrogen-bond donors (Lipinski definition) is 0. The van der Waals surface area contributed by atoms with Crippen LogP contribution >= 0.6 is 0 Å². The van der Waals surface area contributed by atoms with E-state index in [1.807, 2.05) is 33.8 Å². The summed E-state index contributed by atoms with van der Waals surface area (Å²) in [6.45, 7) is 7.93. The molecule has 2 aliphatic rings. The zero-order valence-electron chi connectivity index (χ0n) is 19.4. The van der Waals surface area contributed by atoms with E-state index in [-0.39, 0.29) is 23.4 Å². The van der Waals surface area contributed by atoms with Gasteiger partial charge in [-0.3, -0.25) is 19.2 Å². The molecule has 0 fully saturated rings. The number of anilines is 1. The summed E-state index contributed by atoms with van der Waals surface area (Å²) in [5.74, 6) is -1.63. The molecule has 33 heavy (non-hydrogen) atoms. The van der Waals surface area contributed by atoms with Crippen LogP contribution in [0.3, 0.4) is 0 Å². The molecule has 0 bridgehead atoms. The summed E-state index contributed by atoms with van der Waals surface area (Å²) >= 11 is 0. The number of imide groups is 1. The van der Waals surface area contributed by atoms with Gasteiger partial charge in [-0.25, -0.2) is 4.90 Å². The SMILES string of the molecule is CCc1cc(Cc2cc(C)c(N3C(=O)C=CC3=O)c(CC)c2)cc(C)c1C1C(=O)C=CC1=O. The van der Waals surface area contributed by atoms with E-state index in [1.165, 1.54) is 29.2 Å². The van der Waals surface area contributed by atoms with Gasteiger partial charge in [0.1, 0.15) is 5.92 Å². The van der Waals surface area contributed by atoms with Gasteiger partial charge in [0.25, 0.3) is 11.8 Å². The van der Waals surface area contributed by atoms with Gasteiger partial charge >= 0.3 is 0 Å². The number of aryl methyl sites for hydroxylation is 4. The summed E-state index contributed by atoms with van der Waals surface area (Å²) in [4.78, 5) is 50.4. The second-order valence-electron chi connectivity index (χ2n) is 8.71. The second-order valence-corrected chi connectivity index (χ2v) is 8.71. The number of ketones is 2. The largest absolute Gasteiger partial charge is 0.294 e. The maximum absolute atomic E-state index is 12.3. The number of allylic oxidation sites excluding steroid dienone is 2. The maximum atomic E-state index is 12.3. The first-order valence-corrected chi connectivity index (χ1v) is 11.3. The van der Waals surface area contributed by atoms with Gasteiger partial charge in [-0.1, -0.05) is 38.1 Å². The average molecular weight is 442 g/mol. The number of amides is 2. The zero-order chi connectivity index (χ0) is 23.9. The molecule has 0 spiro atoms. The van der Waals surface area contributed by atoms with Crippen LogP contribution in [-0.4, -0.2) is 23.4 Å². The predicted octanol–water partition coefficient (Wildman–Crippen LogP) is 4.24. The van der Waals surface area contributed by atoms with E-state index >= 15 is 0 Å². The minimum atomic E-state index is -0.716. The Kier molecular flexibility index (Phi) is 5.98. The summed E-state index contributed by atoms with van der Waals surface area (Å²) in [5.41, 5.74) is 7.49. The molecule has 1 aliphatic heterocycles. The molecule has 4 rings (SSSR count). The van der Waals surface area contributed by atoms with Gasteiger partial charge in [0, 0.05) is 12.2 Å². The lowest BCUT2D eigenvalue weighted by Crippen LogP contribution is -2.31. The van der Waals surface area contributed by atoms with Crippen molar-refractivity contribution in [2.45, 2.75) is 52.9 Å². The van der Waals surface area contributed by atoms with Gasteiger partial charge in [0.15, 0.2) is 11.6 Å². The third-order valence-corrected chi connectivity index (χ3v) is 6.44. The van der Waals surface area contributed by atoms with E-state index in [2.05, 4.69) is 18.2 Å². The normalized spacial score (nSPS) is 16.1. The Hall–Kier alpha value is -3.60. The maximum Gasteiger partial charge on any atom is 0.258 e. The molecule has 168 valence electrons. The quantitative estimate of drug-likeness (QED) is 0.497. The lowest BCUT2D eigenvalue weighted by Gasteiger charge is -2.22. The first-order valence-electron chi connectivity index (χ1n) is 11.3. The van der Waals surface area contributed by atoms with Crippen LogP contribution in [0.1, 0.15) is 58.7 Å². The highest BCUT2D eigenvalue weighted by Gasteiger charge is 2.33. The average Bonchev–Trinajstić information content (AvgIpc) is 3.28. The Morgan fingerprint density at radius 2 is 1.21 bits per heavy atom. The van der Waals surface area contributed by atoms with E-state index in [1.54, 1.807) is 0 Å². The van der Waals surface area contributed by atoms with Crippen molar-refractivity contribution in [3.8, 4) is 0 Å². The molecule has 0 N–H and O–H groups in total. The molecule has 5 nitrogen and oxygen atoms in total. The predicted molar refractivity (Wildman–Crippen MR) is 127 cm³/mol. The lowest BCUT2D eigenvalue weighted by atomic mass is 9.84. The lowest BCUT2D eigenvalue weighted by molar-refractivity contribution is -0.123. The van der Waals surface area contributed by atoms with Gasteiger partial charge in [-0.15, -0.1) is 0 Å². The van der Waals surface area contributed by atoms with E-state index in [0.717, 1.165) is 45.4 Å². The van der Waals surface area contributed by atoms with Gasteiger partial charge < -0.3 is 0 Å². The summed E-state index contributed by atoms with van der Waals surface area (Å²) < 4.78 is 0. The summed E-state index contributed by atoms with van der Waals surface area (Å²) in [6.07, 6.45) is 7.46. The van der Waals surface area contributed by atoms with Crippen LogP contribution in [0.2, 0.25) is 0 Å². The fraction of sp³-hybridized carbons (Fsp3) is 0.286. The highest BCUT2D eigenvalue weighted by Crippen LogP contribution is 2.33. The van der Waals surface area contributed by atoms with Crippen LogP contribution in [0.5, 0.6) is 0 Å². The van der Waals surface area contributed by atoms with Gasteiger partial charge in [-0.05, 0) is 84.2 Å². The molecule has 2 aromatic rings. The van der Waals surface area contributed by atoms with Crippen LogP contribution < -0.4 is 4.90 Å². The molecule has 2 aromatic carbocycles.